The molecule has 7 rings (SSSR count). The molecule has 0 aromatic heterocycles. The van der Waals surface area contributed by atoms with Crippen LogP contribution in [0.5, 0.6) is 5.75 Å². The highest BCUT2D eigenvalue weighted by atomic mass is 35.5. The highest BCUT2D eigenvalue weighted by Gasteiger charge is 2.44. The van der Waals surface area contributed by atoms with Gasteiger partial charge in [-0.05, 0) is 118 Å². The summed E-state index contributed by atoms with van der Waals surface area (Å²) in [6, 6.07) is 11.4. The van der Waals surface area contributed by atoms with Crippen LogP contribution in [0.1, 0.15) is 79.3 Å². The molecule has 1 spiro atoms. The fourth-order valence-electron chi connectivity index (χ4n) is 8.26. The van der Waals surface area contributed by atoms with Crippen molar-refractivity contribution in [2.24, 2.45) is 11.8 Å². The predicted molar refractivity (Wildman–Crippen MR) is 175 cm³/mol. The van der Waals surface area contributed by atoms with Crippen LogP contribution in [-0.2, 0) is 26.6 Å². The first-order valence-electron chi connectivity index (χ1n) is 16.5. The Labute approximate surface area is 271 Å². The summed E-state index contributed by atoms with van der Waals surface area (Å²) in [7, 11) is -3.99. The minimum Gasteiger partial charge on any atom is -0.490 e. The molecule has 1 saturated heterocycles. The molecular formula is C35H43ClN2O6S. The summed E-state index contributed by atoms with van der Waals surface area (Å²) >= 11 is 6.41. The summed E-state index contributed by atoms with van der Waals surface area (Å²) in [5, 5.41) is 11.2. The number of hydrogen-bond acceptors (Lipinski definition) is 7. The van der Waals surface area contributed by atoms with Gasteiger partial charge in [0.15, 0.2) is 0 Å². The van der Waals surface area contributed by atoms with Gasteiger partial charge in [-0.1, -0.05) is 29.8 Å². The lowest BCUT2D eigenvalue weighted by Crippen LogP contribution is -2.49. The molecule has 45 heavy (non-hydrogen) atoms. The molecule has 2 aromatic rings. The minimum atomic E-state index is -3.99. The molecule has 8 nitrogen and oxygen atoms in total. The van der Waals surface area contributed by atoms with Crippen molar-refractivity contribution in [3.63, 3.8) is 0 Å². The van der Waals surface area contributed by atoms with Gasteiger partial charge in [-0.2, -0.15) is 0 Å². The van der Waals surface area contributed by atoms with Crippen LogP contribution in [0.3, 0.4) is 0 Å². The standard InChI is InChI=1S/C35H43ClN2O6S/c36-26-11-13-30-23(17-26)5-3-15-35(30)21-38-20-25-9-12-29(25)32(39)8-2-1-7-28(19-27-6-4-16-43-27)45(41,42)37-34(40)24-10-14-33(44-22-35)31(38)18-24/h2,8,10-11,13-14,17-18,25,27-29,32,39H,1,3-7,9,12,15-16,19-22H2,(H,37,40)/b8-2+/t25-,27-,28-,29+,32-,35-/m0/s1. The molecule has 1 amide bonds. The van der Waals surface area contributed by atoms with Crippen molar-refractivity contribution in [2.75, 3.05) is 31.2 Å². The van der Waals surface area contributed by atoms with E-state index in [4.69, 9.17) is 21.1 Å². The number of ether oxygens (including phenoxy) is 2. The molecule has 2 bridgehead atoms. The maximum Gasteiger partial charge on any atom is 0.264 e. The molecule has 10 heteroatoms. The topological polar surface area (TPSA) is 105 Å². The first kappa shape index (κ1) is 31.0. The largest absolute Gasteiger partial charge is 0.490 e. The Balaban J connectivity index is 1.26. The third-order valence-electron chi connectivity index (χ3n) is 10.9. The van der Waals surface area contributed by atoms with E-state index in [1.54, 1.807) is 18.2 Å². The van der Waals surface area contributed by atoms with Gasteiger partial charge in [-0.25, -0.2) is 13.1 Å². The SMILES string of the molecule is O=C1NS(=O)(=O)[C@H](C[C@@H]2CCCO2)CC/C=C/[C@H](O)[C@@H]2CC[C@H]2CN2C[C@@]3(CCCc4cc(Cl)ccc43)COc3ccc1cc32. The molecule has 2 N–H and O–H groups in total. The number of aliphatic hydroxyl groups is 1. The number of nitrogens with one attached hydrogen (secondary N) is 1. The number of carbonyl (C=O) groups is 1. The van der Waals surface area contributed by atoms with E-state index in [0.717, 1.165) is 55.7 Å². The maximum atomic E-state index is 13.6. The zero-order chi connectivity index (χ0) is 31.2. The molecule has 5 aliphatic rings. The molecule has 3 aliphatic heterocycles. The van der Waals surface area contributed by atoms with Crippen molar-refractivity contribution in [3.05, 3.63) is 70.3 Å². The minimum absolute atomic E-state index is 0.119. The quantitative estimate of drug-likeness (QED) is 0.410. The van der Waals surface area contributed by atoms with Crippen molar-refractivity contribution < 1.29 is 27.8 Å². The normalized spacial score (nSPS) is 33.6. The predicted octanol–water partition coefficient (Wildman–Crippen LogP) is 5.55. The van der Waals surface area contributed by atoms with E-state index in [9.17, 15) is 18.3 Å². The van der Waals surface area contributed by atoms with Gasteiger partial charge in [0.05, 0.1) is 29.8 Å². The zero-order valence-corrected chi connectivity index (χ0v) is 27.2. The first-order chi connectivity index (χ1) is 21.7. The number of hydrogen-bond donors (Lipinski definition) is 2. The second kappa shape index (κ2) is 12.5. The van der Waals surface area contributed by atoms with Crippen molar-refractivity contribution in [1.29, 1.82) is 0 Å². The van der Waals surface area contributed by atoms with E-state index < -0.39 is 27.3 Å². The van der Waals surface area contributed by atoms with Crippen molar-refractivity contribution in [2.45, 2.75) is 87.1 Å². The fourth-order valence-corrected chi connectivity index (χ4v) is 9.92. The number of aryl methyl sites for hydroxylation is 1. The van der Waals surface area contributed by atoms with Crippen LogP contribution in [0.2, 0.25) is 5.02 Å². The van der Waals surface area contributed by atoms with Gasteiger partial charge in [0, 0.05) is 35.7 Å². The Hall–Kier alpha value is -2.59. The Bertz CT molecular complexity index is 1570. The van der Waals surface area contributed by atoms with E-state index >= 15 is 0 Å². The number of amides is 1. The van der Waals surface area contributed by atoms with Gasteiger partial charge in [0.2, 0.25) is 10.0 Å². The number of nitrogens with zero attached hydrogens (tertiary/aromatic N) is 1. The van der Waals surface area contributed by atoms with E-state index in [1.807, 2.05) is 18.2 Å². The summed E-state index contributed by atoms with van der Waals surface area (Å²) in [5.41, 5.74) is 3.31. The Morgan fingerprint density at radius 1 is 1.09 bits per heavy atom. The second-order valence-electron chi connectivity index (χ2n) is 13.8. The summed E-state index contributed by atoms with van der Waals surface area (Å²) in [6.45, 7) is 2.53. The molecule has 2 aromatic carbocycles. The maximum absolute atomic E-state index is 13.6. The monoisotopic (exact) mass is 654 g/mol. The van der Waals surface area contributed by atoms with E-state index in [1.165, 1.54) is 11.1 Å². The number of sulfonamides is 1. The highest BCUT2D eigenvalue weighted by molar-refractivity contribution is 7.90. The lowest BCUT2D eigenvalue weighted by molar-refractivity contribution is 0.0456. The zero-order valence-electron chi connectivity index (χ0n) is 25.6. The first-order valence-corrected chi connectivity index (χ1v) is 18.5. The van der Waals surface area contributed by atoms with Crippen molar-refractivity contribution >= 4 is 33.2 Å². The van der Waals surface area contributed by atoms with Gasteiger partial charge < -0.3 is 19.5 Å². The number of halogens is 1. The molecule has 6 atom stereocenters. The van der Waals surface area contributed by atoms with Crippen LogP contribution in [0, 0.1) is 11.8 Å². The van der Waals surface area contributed by atoms with Gasteiger partial charge in [0.1, 0.15) is 5.75 Å². The van der Waals surface area contributed by atoms with Crippen molar-refractivity contribution in [1.82, 2.24) is 4.72 Å². The van der Waals surface area contributed by atoms with Gasteiger partial charge in [0.25, 0.3) is 5.91 Å². The fraction of sp³-hybridized carbons (Fsp3) is 0.571. The lowest BCUT2D eigenvalue weighted by atomic mass is 9.68. The molecular weight excluding hydrogens is 612 g/mol. The summed E-state index contributed by atoms with van der Waals surface area (Å²) in [5.74, 6) is 0.444. The van der Waals surface area contributed by atoms with Gasteiger partial charge >= 0.3 is 0 Å². The molecule has 0 unspecified atom stereocenters. The van der Waals surface area contributed by atoms with E-state index in [0.29, 0.717) is 51.3 Å². The van der Waals surface area contributed by atoms with Gasteiger partial charge in [-0.15, -0.1) is 0 Å². The average molecular weight is 655 g/mol. The summed E-state index contributed by atoms with van der Waals surface area (Å²) in [4.78, 5) is 15.9. The molecule has 242 valence electrons. The smallest absolute Gasteiger partial charge is 0.264 e. The Kier molecular flexibility index (Phi) is 8.65. The van der Waals surface area contributed by atoms with Crippen LogP contribution < -0.4 is 14.4 Å². The number of allylic oxidation sites excluding steroid dienone is 1. The average Bonchev–Trinajstić information content (AvgIpc) is 3.46. The number of benzene rings is 2. The van der Waals surface area contributed by atoms with Crippen LogP contribution in [0.25, 0.3) is 0 Å². The van der Waals surface area contributed by atoms with E-state index in [2.05, 4.69) is 21.8 Å². The molecule has 3 heterocycles. The third kappa shape index (κ3) is 6.25. The number of anilines is 1. The number of carbonyl (C=O) groups excluding carboxylic acids is 1. The lowest BCUT2D eigenvalue weighted by Gasteiger charge is -2.45. The third-order valence-corrected chi connectivity index (χ3v) is 12.9. The van der Waals surface area contributed by atoms with E-state index in [-0.39, 0.29) is 28.9 Å². The number of rotatable bonds is 2. The summed E-state index contributed by atoms with van der Waals surface area (Å²) < 4.78 is 42.0. The summed E-state index contributed by atoms with van der Waals surface area (Å²) in [6.07, 6.45) is 10.8. The molecule has 1 saturated carbocycles. The van der Waals surface area contributed by atoms with Gasteiger partial charge in [-0.3, -0.25) is 4.79 Å². The van der Waals surface area contributed by atoms with Crippen LogP contribution in [-0.4, -0.2) is 63.2 Å². The molecule has 2 aliphatic carbocycles. The molecule has 0 radical (unpaired) electrons. The highest BCUT2D eigenvalue weighted by Crippen LogP contribution is 2.46. The Morgan fingerprint density at radius 3 is 2.78 bits per heavy atom. The second-order valence-corrected chi connectivity index (χ2v) is 16.2. The number of fused-ring (bicyclic) bond motifs is 4. The van der Waals surface area contributed by atoms with Crippen LogP contribution in [0.15, 0.2) is 48.6 Å². The molecule has 2 fully saturated rings. The van der Waals surface area contributed by atoms with Crippen molar-refractivity contribution in [3.8, 4) is 5.75 Å². The Morgan fingerprint density at radius 2 is 1.98 bits per heavy atom. The van der Waals surface area contributed by atoms with Crippen LogP contribution in [0.4, 0.5) is 5.69 Å². The number of aliphatic hydroxyl groups excluding tert-OH is 1. The van der Waals surface area contributed by atoms with Crippen LogP contribution >= 0.6 is 11.6 Å².